The lowest BCUT2D eigenvalue weighted by molar-refractivity contribution is 0.274. The van der Waals surface area contributed by atoms with E-state index in [0.717, 1.165) is 26.9 Å². The molecule has 1 saturated carbocycles. The number of fused-ring (bicyclic) bond motifs is 1. The van der Waals surface area contributed by atoms with Crippen molar-refractivity contribution >= 4 is 27.9 Å². The monoisotopic (exact) mass is 319 g/mol. The molecule has 0 aliphatic heterocycles. The fourth-order valence-corrected chi connectivity index (χ4v) is 3.82. The van der Waals surface area contributed by atoms with Crippen LogP contribution in [0.2, 0.25) is 5.02 Å². The zero-order valence-electron chi connectivity index (χ0n) is 11.3. The minimum atomic E-state index is -0.0764. The van der Waals surface area contributed by atoms with Crippen LogP contribution in [0.15, 0.2) is 24.3 Å². The third-order valence-electron chi connectivity index (χ3n) is 4.03. The van der Waals surface area contributed by atoms with Crippen molar-refractivity contribution in [2.75, 3.05) is 0 Å². The van der Waals surface area contributed by atoms with Crippen LogP contribution in [0.5, 0.6) is 0 Å². The van der Waals surface area contributed by atoms with E-state index in [0.29, 0.717) is 10.9 Å². The SMILES string of the molecule is OCc1c(-c2ccc(Cl)cc2)nc2sc(C3CCC3)nn12. The van der Waals surface area contributed by atoms with Crippen molar-refractivity contribution in [3.63, 3.8) is 0 Å². The van der Waals surface area contributed by atoms with E-state index in [1.54, 1.807) is 15.9 Å². The summed E-state index contributed by atoms with van der Waals surface area (Å²) < 4.78 is 1.79. The number of nitrogens with zero attached hydrogens (tertiary/aromatic N) is 3. The van der Waals surface area contributed by atoms with Gasteiger partial charge in [-0.1, -0.05) is 41.5 Å². The van der Waals surface area contributed by atoms with E-state index in [4.69, 9.17) is 11.6 Å². The molecule has 0 amide bonds. The van der Waals surface area contributed by atoms with Gasteiger partial charge in [-0.05, 0) is 25.0 Å². The Morgan fingerprint density at radius 1 is 1.29 bits per heavy atom. The van der Waals surface area contributed by atoms with Crippen molar-refractivity contribution in [1.29, 1.82) is 0 Å². The second-order valence-corrected chi connectivity index (χ2v) is 6.76. The molecule has 0 radical (unpaired) electrons. The Bertz CT molecular complexity index is 789. The molecule has 0 unspecified atom stereocenters. The van der Waals surface area contributed by atoms with Crippen LogP contribution in [-0.4, -0.2) is 19.7 Å². The van der Waals surface area contributed by atoms with E-state index in [1.807, 2.05) is 24.3 Å². The molecule has 21 heavy (non-hydrogen) atoms. The summed E-state index contributed by atoms with van der Waals surface area (Å²) in [6.45, 7) is -0.0764. The maximum absolute atomic E-state index is 9.72. The molecule has 1 aromatic carbocycles. The third kappa shape index (κ3) is 2.16. The predicted molar refractivity (Wildman–Crippen MR) is 83.8 cm³/mol. The van der Waals surface area contributed by atoms with E-state index in [9.17, 15) is 5.11 Å². The molecule has 0 bridgehead atoms. The van der Waals surface area contributed by atoms with Gasteiger partial charge in [0, 0.05) is 16.5 Å². The predicted octanol–water partition coefficient (Wildman–Crippen LogP) is 3.87. The number of imidazole rings is 1. The average Bonchev–Trinajstić information content (AvgIpc) is 2.94. The van der Waals surface area contributed by atoms with Crippen LogP contribution in [-0.2, 0) is 6.61 Å². The molecule has 0 saturated heterocycles. The van der Waals surface area contributed by atoms with Crippen molar-refractivity contribution in [1.82, 2.24) is 14.6 Å². The lowest BCUT2D eigenvalue weighted by Gasteiger charge is -2.21. The molecule has 4 nitrogen and oxygen atoms in total. The molecule has 4 rings (SSSR count). The van der Waals surface area contributed by atoms with Gasteiger partial charge in [-0.3, -0.25) is 0 Å². The van der Waals surface area contributed by atoms with Crippen LogP contribution in [0.3, 0.4) is 0 Å². The van der Waals surface area contributed by atoms with Crippen LogP contribution in [0.4, 0.5) is 0 Å². The van der Waals surface area contributed by atoms with Gasteiger partial charge < -0.3 is 5.11 Å². The first-order chi connectivity index (χ1) is 10.3. The number of aliphatic hydroxyl groups excluding tert-OH is 1. The highest BCUT2D eigenvalue weighted by Crippen LogP contribution is 2.39. The number of hydrogen-bond acceptors (Lipinski definition) is 4. The summed E-state index contributed by atoms with van der Waals surface area (Å²) in [5.41, 5.74) is 2.48. The fourth-order valence-electron chi connectivity index (χ4n) is 2.61. The summed E-state index contributed by atoms with van der Waals surface area (Å²) in [6, 6.07) is 7.50. The van der Waals surface area contributed by atoms with Gasteiger partial charge in [0.15, 0.2) is 0 Å². The quantitative estimate of drug-likeness (QED) is 0.797. The maximum atomic E-state index is 9.72. The summed E-state index contributed by atoms with van der Waals surface area (Å²) in [5, 5.41) is 16.2. The average molecular weight is 320 g/mol. The second kappa shape index (κ2) is 5.09. The molecule has 108 valence electrons. The first-order valence-electron chi connectivity index (χ1n) is 7.01. The smallest absolute Gasteiger partial charge is 0.213 e. The fraction of sp³-hybridized carbons (Fsp3) is 0.333. The summed E-state index contributed by atoms with van der Waals surface area (Å²) in [7, 11) is 0. The lowest BCUT2D eigenvalue weighted by Crippen LogP contribution is -2.09. The zero-order chi connectivity index (χ0) is 14.4. The molecule has 2 aromatic heterocycles. The van der Waals surface area contributed by atoms with Crippen molar-refractivity contribution in [3.8, 4) is 11.3 Å². The standard InChI is InChI=1S/C15H14ClN3OS/c16-11-6-4-9(5-7-11)13-12(8-20)19-15(17-13)21-14(18-19)10-2-1-3-10/h4-7,10,20H,1-3,8H2. The molecular formula is C15H14ClN3OS. The Kier molecular flexibility index (Phi) is 3.21. The Labute approximate surface area is 131 Å². The Balaban J connectivity index is 1.82. The zero-order valence-corrected chi connectivity index (χ0v) is 12.9. The van der Waals surface area contributed by atoms with E-state index < -0.39 is 0 Å². The molecule has 2 heterocycles. The molecule has 0 spiro atoms. The van der Waals surface area contributed by atoms with Gasteiger partial charge in [0.1, 0.15) is 5.01 Å². The highest BCUT2D eigenvalue weighted by atomic mass is 35.5. The van der Waals surface area contributed by atoms with Gasteiger partial charge in [-0.2, -0.15) is 5.10 Å². The molecular weight excluding hydrogens is 306 g/mol. The van der Waals surface area contributed by atoms with Crippen LogP contribution in [0.25, 0.3) is 16.2 Å². The summed E-state index contributed by atoms with van der Waals surface area (Å²) in [6.07, 6.45) is 3.72. The Hall–Kier alpha value is -1.43. The van der Waals surface area contributed by atoms with Crippen molar-refractivity contribution in [3.05, 3.63) is 40.0 Å². The number of aliphatic hydroxyl groups is 1. The molecule has 1 N–H and O–H groups in total. The van der Waals surface area contributed by atoms with Gasteiger partial charge in [0.2, 0.25) is 4.96 Å². The van der Waals surface area contributed by atoms with Crippen LogP contribution >= 0.6 is 22.9 Å². The number of halogens is 1. The number of benzene rings is 1. The Morgan fingerprint density at radius 2 is 2.05 bits per heavy atom. The summed E-state index contributed by atoms with van der Waals surface area (Å²) >= 11 is 7.56. The third-order valence-corrected chi connectivity index (χ3v) is 5.36. The molecule has 1 aliphatic carbocycles. The van der Waals surface area contributed by atoms with Crippen molar-refractivity contribution in [2.24, 2.45) is 0 Å². The van der Waals surface area contributed by atoms with Crippen molar-refractivity contribution in [2.45, 2.75) is 31.8 Å². The van der Waals surface area contributed by atoms with Crippen LogP contribution in [0, 0.1) is 0 Å². The minimum Gasteiger partial charge on any atom is -0.390 e. The molecule has 0 atom stereocenters. The van der Waals surface area contributed by atoms with Gasteiger partial charge in [-0.15, -0.1) is 0 Å². The van der Waals surface area contributed by atoms with Gasteiger partial charge >= 0.3 is 0 Å². The topological polar surface area (TPSA) is 50.4 Å². The summed E-state index contributed by atoms with van der Waals surface area (Å²) in [5.74, 6) is 0.585. The molecule has 1 aliphatic rings. The first-order valence-corrected chi connectivity index (χ1v) is 8.21. The van der Waals surface area contributed by atoms with Gasteiger partial charge in [0.05, 0.1) is 18.0 Å². The second-order valence-electron chi connectivity index (χ2n) is 5.33. The Morgan fingerprint density at radius 3 is 2.67 bits per heavy atom. The van der Waals surface area contributed by atoms with E-state index in [-0.39, 0.29) is 6.61 Å². The maximum Gasteiger partial charge on any atom is 0.213 e. The minimum absolute atomic E-state index is 0.0764. The van der Waals surface area contributed by atoms with Crippen LogP contribution in [0.1, 0.15) is 35.9 Å². The molecule has 3 aromatic rings. The van der Waals surface area contributed by atoms with Crippen LogP contribution < -0.4 is 0 Å². The number of aromatic nitrogens is 3. The van der Waals surface area contributed by atoms with E-state index in [2.05, 4.69) is 10.1 Å². The van der Waals surface area contributed by atoms with Crippen molar-refractivity contribution < 1.29 is 5.11 Å². The first kappa shape index (κ1) is 13.2. The van der Waals surface area contributed by atoms with Gasteiger partial charge in [-0.25, -0.2) is 9.50 Å². The van der Waals surface area contributed by atoms with E-state index >= 15 is 0 Å². The van der Waals surface area contributed by atoms with E-state index in [1.165, 1.54) is 19.3 Å². The molecule has 6 heteroatoms. The molecule has 1 fully saturated rings. The number of hydrogen-bond donors (Lipinski definition) is 1. The normalized spacial score (nSPS) is 15.5. The highest BCUT2D eigenvalue weighted by molar-refractivity contribution is 7.16. The number of rotatable bonds is 3. The lowest BCUT2D eigenvalue weighted by atomic mass is 9.86. The van der Waals surface area contributed by atoms with Gasteiger partial charge in [0.25, 0.3) is 0 Å². The summed E-state index contributed by atoms with van der Waals surface area (Å²) in [4.78, 5) is 5.51. The highest BCUT2D eigenvalue weighted by Gasteiger charge is 2.25. The largest absolute Gasteiger partial charge is 0.390 e.